The van der Waals surface area contributed by atoms with Gasteiger partial charge in [-0.2, -0.15) is 0 Å². The SMILES string of the molecule is OC(CC1Cc2ccccc21)c1ccc(Cl)c(F)c1. The number of rotatable bonds is 3. The van der Waals surface area contributed by atoms with Crippen LogP contribution in [0.1, 0.15) is 35.1 Å². The molecule has 0 aliphatic heterocycles. The molecule has 2 aromatic rings. The highest BCUT2D eigenvalue weighted by atomic mass is 35.5. The molecule has 0 radical (unpaired) electrons. The first kappa shape index (κ1) is 12.6. The zero-order valence-electron chi connectivity index (χ0n) is 10.3. The summed E-state index contributed by atoms with van der Waals surface area (Å²) >= 11 is 5.64. The van der Waals surface area contributed by atoms with Crippen molar-refractivity contribution in [2.45, 2.75) is 24.9 Å². The number of fused-ring (bicyclic) bond motifs is 1. The number of aliphatic hydroxyl groups excluding tert-OH is 1. The molecule has 1 N–H and O–H groups in total. The number of hydrogen-bond donors (Lipinski definition) is 1. The molecular weight excluding hydrogens is 263 g/mol. The normalized spacial score (nSPS) is 18.6. The topological polar surface area (TPSA) is 20.2 Å². The number of aliphatic hydroxyl groups is 1. The average Bonchev–Trinajstić information content (AvgIpc) is 2.39. The fourth-order valence-electron chi connectivity index (χ4n) is 2.70. The molecule has 19 heavy (non-hydrogen) atoms. The van der Waals surface area contributed by atoms with Crippen LogP contribution < -0.4 is 0 Å². The van der Waals surface area contributed by atoms with Gasteiger partial charge in [0.1, 0.15) is 5.82 Å². The second kappa shape index (κ2) is 4.95. The van der Waals surface area contributed by atoms with Crippen molar-refractivity contribution in [2.75, 3.05) is 0 Å². The van der Waals surface area contributed by atoms with Gasteiger partial charge in [-0.25, -0.2) is 4.39 Å². The number of benzene rings is 2. The van der Waals surface area contributed by atoms with E-state index in [1.807, 2.05) is 12.1 Å². The van der Waals surface area contributed by atoms with E-state index >= 15 is 0 Å². The van der Waals surface area contributed by atoms with E-state index in [0.29, 0.717) is 17.9 Å². The highest BCUT2D eigenvalue weighted by Crippen LogP contribution is 2.40. The van der Waals surface area contributed by atoms with Crippen molar-refractivity contribution in [1.29, 1.82) is 0 Å². The molecule has 3 heteroatoms. The molecule has 0 bridgehead atoms. The van der Waals surface area contributed by atoms with Crippen LogP contribution in [-0.2, 0) is 6.42 Å². The summed E-state index contributed by atoms with van der Waals surface area (Å²) in [6.45, 7) is 0. The predicted molar refractivity (Wildman–Crippen MR) is 73.9 cm³/mol. The fourth-order valence-corrected chi connectivity index (χ4v) is 2.82. The lowest BCUT2D eigenvalue weighted by Gasteiger charge is -2.31. The van der Waals surface area contributed by atoms with E-state index in [2.05, 4.69) is 12.1 Å². The van der Waals surface area contributed by atoms with Crippen LogP contribution in [0.3, 0.4) is 0 Å². The quantitative estimate of drug-likeness (QED) is 0.889. The molecule has 0 heterocycles. The van der Waals surface area contributed by atoms with Gasteiger partial charge in [0, 0.05) is 0 Å². The second-order valence-electron chi connectivity index (χ2n) is 5.02. The fraction of sp³-hybridized carbons (Fsp3) is 0.250. The van der Waals surface area contributed by atoms with Crippen LogP contribution >= 0.6 is 11.6 Å². The molecule has 2 unspecified atom stereocenters. The predicted octanol–water partition coefficient (Wildman–Crippen LogP) is 4.24. The van der Waals surface area contributed by atoms with Crippen LogP contribution in [-0.4, -0.2) is 5.11 Å². The van der Waals surface area contributed by atoms with Crippen LogP contribution in [0.15, 0.2) is 42.5 Å². The molecule has 2 aromatic carbocycles. The summed E-state index contributed by atoms with van der Waals surface area (Å²) in [5, 5.41) is 10.3. The van der Waals surface area contributed by atoms with Crippen LogP contribution in [0, 0.1) is 5.82 Å². The molecule has 0 amide bonds. The highest BCUT2D eigenvalue weighted by Gasteiger charge is 2.28. The minimum atomic E-state index is -0.648. The van der Waals surface area contributed by atoms with Crippen LogP contribution in [0.4, 0.5) is 4.39 Å². The molecule has 0 aromatic heterocycles. The minimum absolute atomic E-state index is 0.0879. The molecule has 1 nitrogen and oxygen atoms in total. The summed E-state index contributed by atoms with van der Waals surface area (Å²) in [4.78, 5) is 0. The van der Waals surface area contributed by atoms with Crippen molar-refractivity contribution in [3.8, 4) is 0 Å². The van der Waals surface area contributed by atoms with Gasteiger partial charge in [-0.1, -0.05) is 41.9 Å². The molecular formula is C16H14ClFO. The third-order valence-electron chi connectivity index (χ3n) is 3.80. The Bertz CT molecular complexity index is 611. The van der Waals surface area contributed by atoms with E-state index in [9.17, 15) is 9.50 Å². The van der Waals surface area contributed by atoms with Gasteiger partial charge < -0.3 is 5.11 Å². The van der Waals surface area contributed by atoms with Gasteiger partial charge in [0.15, 0.2) is 0 Å². The third-order valence-corrected chi connectivity index (χ3v) is 4.10. The molecule has 98 valence electrons. The first-order chi connectivity index (χ1) is 9.15. The Kier molecular flexibility index (Phi) is 3.29. The Balaban J connectivity index is 1.73. The zero-order valence-corrected chi connectivity index (χ0v) is 11.1. The number of halogens is 2. The van der Waals surface area contributed by atoms with Gasteiger partial charge >= 0.3 is 0 Å². The van der Waals surface area contributed by atoms with E-state index in [4.69, 9.17) is 11.6 Å². The second-order valence-corrected chi connectivity index (χ2v) is 5.43. The zero-order chi connectivity index (χ0) is 13.4. The standard InChI is InChI=1S/C16H14ClFO/c17-14-6-5-11(8-15(14)18)16(19)9-12-7-10-3-1-2-4-13(10)12/h1-6,8,12,16,19H,7,9H2. The van der Waals surface area contributed by atoms with Gasteiger partial charge in [-0.3, -0.25) is 0 Å². The summed E-state index contributed by atoms with van der Waals surface area (Å²) in [5.41, 5.74) is 3.24. The van der Waals surface area contributed by atoms with Gasteiger partial charge in [-0.15, -0.1) is 0 Å². The molecule has 1 aliphatic carbocycles. The number of hydrogen-bond acceptors (Lipinski definition) is 1. The maximum absolute atomic E-state index is 13.4. The van der Waals surface area contributed by atoms with Gasteiger partial charge in [-0.05, 0) is 47.6 Å². The average molecular weight is 277 g/mol. The first-order valence-electron chi connectivity index (χ1n) is 6.36. The largest absolute Gasteiger partial charge is 0.388 e. The van der Waals surface area contributed by atoms with Gasteiger partial charge in [0.25, 0.3) is 0 Å². The Morgan fingerprint density at radius 3 is 2.79 bits per heavy atom. The van der Waals surface area contributed by atoms with Crippen molar-refractivity contribution in [3.63, 3.8) is 0 Å². The minimum Gasteiger partial charge on any atom is -0.388 e. The van der Waals surface area contributed by atoms with Crippen LogP contribution in [0.25, 0.3) is 0 Å². The van der Waals surface area contributed by atoms with E-state index in [0.717, 1.165) is 6.42 Å². The summed E-state index contributed by atoms with van der Waals surface area (Å²) in [5.74, 6) is -0.114. The van der Waals surface area contributed by atoms with Crippen molar-refractivity contribution in [2.24, 2.45) is 0 Å². The molecule has 0 fully saturated rings. The molecule has 2 atom stereocenters. The van der Waals surface area contributed by atoms with E-state index in [1.54, 1.807) is 6.07 Å². The summed E-state index contributed by atoms with van der Waals surface area (Å²) in [6, 6.07) is 12.7. The lowest BCUT2D eigenvalue weighted by atomic mass is 9.74. The summed E-state index contributed by atoms with van der Waals surface area (Å²) in [7, 11) is 0. The maximum Gasteiger partial charge on any atom is 0.142 e. The Morgan fingerprint density at radius 2 is 2.05 bits per heavy atom. The Morgan fingerprint density at radius 1 is 1.26 bits per heavy atom. The highest BCUT2D eigenvalue weighted by molar-refractivity contribution is 6.30. The van der Waals surface area contributed by atoms with Gasteiger partial charge in [0.05, 0.1) is 11.1 Å². The lowest BCUT2D eigenvalue weighted by molar-refractivity contribution is 0.153. The van der Waals surface area contributed by atoms with Crippen molar-refractivity contribution in [1.82, 2.24) is 0 Å². The Hall–Kier alpha value is -1.38. The molecule has 0 saturated carbocycles. The molecule has 0 saturated heterocycles. The molecule has 3 rings (SSSR count). The lowest BCUT2D eigenvalue weighted by Crippen LogP contribution is -2.19. The monoisotopic (exact) mass is 276 g/mol. The van der Waals surface area contributed by atoms with E-state index in [-0.39, 0.29) is 5.02 Å². The Labute approximate surface area is 116 Å². The summed E-state index contributed by atoms with van der Waals surface area (Å²) < 4.78 is 13.4. The van der Waals surface area contributed by atoms with E-state index in [1.165, 1.54) is 23.3 Å². The smallest absolute Gasteiger partial charge is 0.142 e. The summed E-state index contributed by atoms with van der Waals surface area (Å²) in [6.07, 6.45) is 0.964. The molecule has 1 aliphatic rings. The van der Waals surface area contributed by atoms with Crippen LogP contribution in [0.2, 0.25) is 5.02 Å². The maximum atomic E-state index is 13.4. The van der Waals surface area contributed by atoms with E-state index < -0.39 is 11.9 Å². The third kappa shape index (κ3) is 2.38. The molecule has 0 spiro atoms. The van der Waals surface area contributed by atoms with Gasteiger partial charge in [0.2, 0.25) is 0 Å². The van der Waals surface area contributed by atoms with Crippen molar-refractivity contribution >= 4 is 11.6 Å². The van der Waals surface area contributed by atoms with Crippen molar-refractivity contribution < 1.29 is 9.50 Å². The van der Waals surface area contributed by atoms with Crippen LogP contribution in [0.5, 0.6) is 0 Å². The first-order valence-corrected chi connectivity index (χ1v) is 6.74. The van der Waals surface area contributed by atoms with Crippen molar-refractivity contribution in [3.05, 3.63) is 70.0 Å².